The van der Waals surface area contributed by atoms with E-state index >= 15 is 0 Å². The van der Waals surface area contributed by atoms with Crippen LogP contribution in [0.15, 0.2) is 66.9 Å². The lowest BCUT2D eigenvalue weighted by atomic mass is 9.88. The van der Waals surface area contributed by atoms with E-state index < -0.39 is 0 Å². The average molecular weight is 428 g/mol. The highest BCUT2D eigenvalue weighted by molar-refractivity contribution is 5.94. The lowest BCUT2D eigenvalue weighted by molar-refractivity contribution is -0.123. The van der Waals surface area contributed by atoms with E-state index in [-0.39, 0.29) is 11.8 Å². The summed E-state index contributed by atoms with van der Waals surface area (Å²) >= 11 is 0. The lowest BCUT2D eigenvalue weighted by Crippen LogP contribution is -2.42. The van der Waals surface area contributed by atoms with Gasteiger partial charge in [-0.2, -0.15) is 0 Å². The van der Waals surface area contributed by atoms with E-state index in [0.29, 0.717) is 5.92 Å². The number of hydrogen-bond acceptors (Lipinski definition) is 3. The van der Waals surface area contributed by atoms with Crippen LogP contribution in [0.25, 0.3) is 10.8 Å². The van der Waals surface area contributed by atoms with Crippen molar-refractivity contribution >= 4 is 22.5 Å². The Balaban J connectivity index is 1.24. The molecule has 1 aliphatic carbocycles. The predicted octanol–water partition coefficient (Wildman–Crippen LogP) is 5.64. The Morgan fingerprint density at radius 3 is 2.56 bits per heavy atom. The molecule has 2 fully saturated rings. The molecule has 0 spiro atoms. The lowest BCUT2D eigenvalue weighted by Gasteiger charge is -2.30. The summed E-state index contributed by atoms with van der Waals surface area (Å²) in [5, 5.41) is 2.63. The molecular formula is C28H33N3O. The second-order valence-electron chi connectivity index (χ2n) is 9.41. The summed E-state index contributed by atoms with van der Waals surface area (Å²) in [5.41, 5.74) is 1.44. The molecule has 32 heavy (non-hydrogen) atoms. The minimum atomic E-state index is 0.162. The van der Waals surface area contributed by atoms with Crippen LogP contribution in [0.5, 0.6) is 0 Å². The molecule has 1 atom stereocenters. The van der Waals surface area contributed by atoms with Crippen LogP contribution in [0.3, 0.4) is 0 Å². The van der Waals surface area contributed by atoms with E-state index in [1.165, 1.54) is 42.0 Å². The normalized spacial score (nSPS) is 19.9. The second kappa shape index (κ2) is 9.83. The van der Waals surface area contributed by atoms with Gasteiger partial charge in [0.15, 0.2) is 0 Å². The monoisotopic (exact) mass is 427 g/mol. The molecule has 0 radical (unpaired) electrons. The molecule has 1 amide bonds. The molecular weight excluding hydrogens is 394 g/mol. The Morgan fingerprint density at radius 2 is 1.75 bits per heavy atom. The molecule has 4 nitrogen and oxygen atoms in total. The minimum Gasteiger partial charge on any atom is -0.301 e. The van der Waals surface area contributed by atoms with Gasteiger partial charge in [0.2, 0.25) is 5.91 Å². The zero-order chi connectivity index (χ0) is 21.8. The van der Waals surface area contributed by atoms with Crippen molar-refractivity contribution in [2.45, 2.75) is 44.4 Å². The summed E-state index contributed by atoms with van der Waals surface area (Å²) in [7, 11) is 0. The summed E-state index contributed by atoms with van der Waals surface area (Å²) < 4.78 is 0. The van der Waals surface area contributed by atoms with Gasteiger partial charge < -0.3 is 4.90 Å². The van der Waals surface area contributed by atoms with Gasteiger partial charge in [0, 0.05) is 31.7 Å². The van der Waals surface area contributed by atoms with Gasteiger partial charge in [-0.05, 0) is 60.2 Å². The maximum atomic E-state index is 13.4. The summed E-state index contributed by atoms with van der Waals surface area (Å²) in [5.74, 6) is 1.80. The minimum absolute atomic E-state index is 0.162. The van der Waals surface area contributed by atoms with Crippen molar-refractivity contribution in [3.63, 3.8) is 0 Å². The number of carbonyl (C=O) groups is 1. The van der Waals surface area contributed by atoms with E-state index in [2.05, 4.69) is 52.3 Å². The quantitative estimate of drug-likeness (QED) is 0.511. The number of rotatable bonds is 6. The Morgan fingerprint density at radius 1 is 0.938 bits per heavy atom. The van der Waals surface area contributed by atoms with Crippen molar-refractivity contribution in [3.05, 3.63) is 72.4 Å². The Labute approximate surface area is 191 Å². The number of aromatic nitrogens is 1. The maximum Gasteiger partial charge on any atom is 0.231 e. The fourth-order valence-electron chi connectivity index (χ4n) is 5.43. The third-order valence-electron chi connectivity index (χ3n) is 7.30. The van der Waals surface area contributed by atoms with Crippen LogP contribution >= 0.6 is 0 Å². The number of pyridine rings is 1. The highest BCUT2D eigenvalue weighted by Crippen LogP contribution is 2.30. The molecule has 3 aromatic rings. The standard InChI is InChI=1S/C28H33N3O/c32-28(23-9-2-1-3-10-23)31(27-12-6-7-16-29-27)19-18-30-17-15-26(21-30)25-14-13-22-8-4-5-11-24(22)20-25/h4-8,11-14,16,20,23,26H,1-3,9-10,15,17-19,21H2/t26-/m0/s1. The van der Waals surface area contributed by atoms with Gasteiger partial charge in [-0.1, -0.05) is 67.8 Å². The zero-order valence-electron chi connectivity index (χ0n) is 18.8. The molecule has 2 aromatic carbocycles. The Hall–Kier alpha value is -2.72. The van der Waals surface area contributed by atoms with Crippen LogP contribution in [0.4, 0.5) is 5.82 Å². The molecule has 166 valence electrons. The summed E-state index contributed by atoms with van der Waals surface area (Å²) in [6.45, 7) is 3.77. The third kappa shape index (κ3) is 4.71. The molecule has 0 unspecified atom stereocenters. The van der Waals surface area contributed by atoms with Gasteiger partial charge in [-0.3, -0.25) is 9.69 Å². The summed E-state index contributed by atoms with van der Waals surface area (Å²) in [4.78, 5) is 22.4. The van der Waals surface area contributed by atoms with Gasteiger partial charge >= 0.3 is 0 Å². The highest BCUT2D eigenvalue weighted by atomic mass is 16.2. The van der Waals surface area contributed by atoms with Crippen molar-refractivity contribution < 1.29 is 4.79 Å². The summed E-state index contributed by atoms with van der Waals surface area (Å²) in [6, 6.07) is 21.4. The second-order valence-corrected chi connectivity index (χ2v) is 9.41. The smallest absolute Gasteiger partial charge is 0.231 e. The number of likely N-dealkylation sites (tertiary alicyclic amines) is 1. The molecule has 2 heterocycles. The van der Waals surface area contributed by atoms with E-state index in [4.69, 9.17) is 0 Å². The van der Waals surface area contributed by atoms with Crippen LogP contribution in [0, 0.1) is 5.92 Å². The fourth-order valence-corrected chi connectivity index (χ4v) is 5.43. The van der Waals surface area contributed by atoms with Gasteiger partial charge in [0.05, 0.1) is 0 Å². The predicted molar refractivity (Wildman–Crippen MR) is 131 cm³/mol. The Kier molecular flexibility index (Phi) is 6.49. The van der Waals surface area contributed by atoms with Crippen molar-refractivity contribution in [2.24, 2.45) is 5.92 Å². The van der Waals surface area contributed by atoms with E-state index in [0.717, 1.165) is 44.8 Å². The highest BCUT2D eigenvalue weighted by Gasteiger charge is 2.29. The number of nitrogens with zero attached hydrogens (tertiary/aromatic N) is 3. The molecule has 1 aromatic heterocycles. The van der Waals surface area contributed by atoms with E-state index in [1.807, 2.05) is 23.1 Å². The molecule has 5 rings (SSSR count). The van der Waals surface area contributed by atoms with Crippen LogP contribution in [0.2, 0.25) is 0 Å². The van der Waals surface area contributed by atoms with Crippen molar-refractivity contribution in [1.82, 2.24) is 9.88 Å². The number of amides is 1. The van der Waals surface area contributed by atoms with Crippen LogP contribution in [-0.4, -0.2) is 42.0 Å². The first-order chi connectivity index (χ1) is 15.8. The first kappa shape index (κ1) is 21.1. The number of anilines is 1. The maximum absolute atomic E-state index is 13.4. The van der Waals surface area contributed by atoms with Crippen LogP contribution in [-0.2, 0) is 4.79 Å². The molecule has 4 heteroatoms. The van der Waals surface area contributed by atoms with Crippen LogP contribution < -0.4 is 4.90 Å². The number of fused-ring (bicyclic) bond motifs is 1. The molecule has 1 saturated heterocycles. The first-order valence-electron chi connectivity index (χ1n) is 12.2. The van der Waals surface area contributed by atoms with Gasteiger partial charge in [-0.25, -0.2) is 4.98 Å². The van der Waals surface area contributed by atoms with E-state index in [1.54, 1.807) is 6.20 Å². The van der Waals surface area contributed by atoms with Gasteiger partial charge in [0.25, 0.3) is 0 Å². The molecule has 1 aliphatic heterocycles. The molecule has 0 N–H and O–H groups in total. The largest absolute Gasteiger partial charge is 0.301 e. The zero-order valence-corrected chi connectivity index (χ0v) is 18.8. The van der Waals surface area contributed by atoms with Gasteiger partial charge in [-0.15, -0.1) is 0 Å². The average Bonchev–Trinajstić information content (AvgIpc) is 3.34. The first-order valence-corrected chi connectivity index (χ1v) is 12.2. The SMILES string of the molecule is O=C(C1CCCCC1)N(CCN1CC[C@H](c2ccc3ccccc3c2)C1)c1ccccn1. The van der Waals surface area contributed by atoms with Crippen molar-refractivity contribution in [2.75, 3.05) is 31.1 Å². The van der Waals surface area contributed by atoms with Crippen LogP contribution in [0.1, 0.15) is 50.0 Å². The van der Waals surface area contributed by atoms with Crippen molar-refractivity contribution in [3.8, 4) is 0 Å². The fraction of sp³-hybridized carbons (Fsp3) is 0.429. The topological polar surface area (TPSA) is 36.4 Å². The third-order valence-corrected chi connectivity index (χ3v) is 7.30. The number of hydrogen-bond donors (Lipinski definition) is 0. The molecule has 0 bridgehead atoms. The Bertz CT molecular complexity index is 1040. The molecule has 1 saturated carbocycles. The van der Waals surface area contributed by atoms with E-state index in [9.17, 15) is 4.79 Å². The van der Waals surface area contributed by atoms with Gasteiger partial charge in [0.1, 0.15) is 5.82 Å². The summed E-state index contributed by atoms with van der Waals surface area (Å²) in [6.07, 6.45) is 8.63. The van der Waals surface area contributed by atoms with Crippen molar-refractivity contribution in [1.29, 1.82) is 0 Å². The molecule has 2 aliphatic rings. The number of benzene rings is 2. The number of carbonyl (C=O) groups excluding carboxylic acids is 1.